The Morgan fingerprint density at radius 2 is 2.13 bits per heavy atom. The SMILES string of the molecule is CCCCCOc1c[c-]ccc1C.[Zn+][Br]. The van der Waals surface area contributed by atoms with Gasteiger partial charge in [0.1, 0.15) is 0 Å². The number of unbranched alkanes of at least 4 members (excludes halogenated alkanes) is 2. The van der Waals surface area contributed by atoms with Crippen molar-refractivity contribution in [2.24, 2.45) is 0 Å². The van der Waals surface area contributed by atoms with Crippen LogP contribution in [-0.4, -0.2) is 6.61 Å². The summed E-state index contributed by atoms with van der Waals surface area (Å²) in [4.78, 5) is 0. The third-order valence-corrected chi connectivity index (χ3v) is 2.04. The van der Waals surface area contributed by atoms with E-state index in [1.54, 1.807) is 0 Å². The Morgan fingerprint density at radius 1 is 1.40 bits per heavy atom. The molecule has 0 radical (unpaired) electrons. The van der Waals surface area contributed by atoms with Gasteiger partial charge in [-0.15, -0.1) is 11.6 Å². The molecule has 1 aromatic carbocycles. The van der Waals surface area contributed by atoms with E-state index in [-0.39, 0.29) is 0 Å². The Hall–Kier alpha value is 0.123. The van der Waals surface area contributed by atoms with E-state index < -0.39 is 0 Å². The molecule has 1 aromatic rings. The Balaban J connectivity index is 0.000000921. The van der Waals surface area contributed by atoms with Gasteiger partial charge >= 0.3 is 30.0 Å². The van der Waals surface area contributed by atoms with E-state index in [1.165, 1.54) is 34.7 Å². The molecule has 0 aliphatic carbocycles. The van der Waals surface area contributed by atoms with E-state index in [0.717, 1.165) is 18.8 Å². The van der Waals surface area contributed by atoms with Gasteiger partial charge in [-0.2, -0.15) is 18.2 Å². The molecule has 0 heterocycles. The average Bonchev–Trinajstić information content (AvgIpc) is 2.29. The van der Waals surface area contributed by atoms with Crippen molar-refractivity contribution in [3.05, 3.63) is 29.8 Å². The van der Waals surface area contributed by atoms with Crippen LogP contribution in [0.3, 0.4) is 0 Å². The van der Waals surface area contributed by atoms with Crippen molar-refractivity contribution in [2.75, 3.05) is 6.61 Å². The zero-order valence-electron chi connectivity index (χ0n) is 9.55. The van der Waals surface area contributed by atoms with Crippen LogP contribution in [0.2, 0.25) is 0 Å². The van der Waals surface area contributed by atoms with Gasteiger partial charge in [0.2, 0.25) is 0 Å². The van der Waals surface area contributed by atoms with Crippen LogP contribution in [0.25, 0.3) is 0 Å². The molecule has 3 heteroatoms. The Kier molecular flexibility index (Phi) is 10.7. The van der Waals surface area contributed by atoms with Crippen LogP contribution in [0.5, 0.6) is 5.75 Å². The number of ether oxygens (including phenoxy) is 1. The third-order valence-electron chi connectivity index (χ3n) is 2.04. The van der Waals surface area contributed by atoms with Gasteiger partial charge in [0.15, 0.2) is 0 Å². The summed E-state index contributed by atoms with van der Waals surface area (Å²) in [6.45, 7) is 5.08. The fraction of sp³-hybridized carbons (Fsp3) is 0.500. The number of rotatable bonds is 5. The van der Waals surface area contributed by atoms with Crippen molar-refractivity contribution in [3.63, 3.8) is 0 Å². The van der Waals surface area contributed by atoms with Gasteiger partial charge in [0.05, 0.1) is 6.61 Å². The predicted molar refractivity (Wildman–Crippen MR) is 64.0 cm³/mol. The molecular formula is C12H17BrOZn. The summed E-state index contributed by atoms with van der Waals surface area (Å²) in [5, 5.41) is 0. The first-order valence-electron chi connectivity index (χ1n) is 5.21. The van der Waals surface area contributed by atoms with Crippen LogP contribution in [0.1, 0.15) is 31.7 Å². The molecule has 0 fully saturated rings. The second-order valence-corrected chi connectivity index (χ2v) is 3.25. The van der Waals surface area contributed by atoms with Crippen LogP contribution < -0.4 is 4.74 Å². The number of benzene rings is 1. The Bertz CT molecular complexity index is 253. The molecule has 80 valence electrons. The summed E-state index contributed by atoms with van der Waals surface area (Å²) in [6, 6.07) is 8.86. The van der Waals surface area contributed by atoms with Gasteiger partial charge in [-0.1, -0.05) is 26.7 Å². The first-order chi connectivity index (χ1) is 7.34. The Labute approximate surface area is 110 Å². The monoisotopic (exact) mass is 320 g/mol. The first kappa shape index (κ1) is 15.1. The number of aryl methyl sites for hydroxylation is 1. The molecule has 0 aliphatic rings. The summed E-state index contributed by atoms with van der Waals surface area (Å²) in [5.41, 5.74) is 1.19. The Morgan fingerprint density at radius 3 is 2.73 bits per heavy atom. The van der Waals surface area contributed by atoms with Gasteiger partial charge in [0.25, 0.3) is 0 Å². The standard InChI is InChI=1S/C12H17O.BrH.Zn/c1-3-4-7-10-13-12-9-6-5-8-11(12)2;;/h5,8-9H,3-4,7,10H2,1-2H3;1H;/q-1;;+2/p-1. The van der Waals surface area contributed by atoms with Crippen molar-refractivity contribution >= 4 is 13.6 Å². The molecule has 0 N–H and O–H groups in total. The van der Waals surface area contributed by atoms with E-state index in [0.29, 0.717) is 0 Å². The van der Waals surface area contributed by atoms with E-state index in [1.807, 2.05) is 18.2 Å². The number of halogens is 1. The third kappa shape index (κ3) is 7.08. The van der Waals surface area contributed by atoms with Crippen molar-refractivity contribution in [1.29, 1.82) is 0 Å². The summed E-state index contributed by atoms with van der Waals surface area (Å²) >= 11 is 4.25. The number of hydrogen-bond donors (Lipinski definition) is 0. The molecule has 0 spiro atoms. The zero-order valence-corrected chi connectivity index (χ0v) is 14.1. The molecule has 1 rings (SSSR count). The van der Waals surface area contributed by atoms with Crippen molar-refractivity contribution in [3.8, 4) is 5.75 Å². The molecule has 0 atom stereocenters. The van der Waals surface area contributed by atoms with E-state index in [2.05, 4.69) is 33.5 Å². The van der Waals surface area contributed by atoms with Crippen LogP contribution in [0, 0.1) is 13.0 Å². The molecule has 0 unspecified atom stereocenters. The summed E-state index contributed by atoms with van der Waals surface area (Å²) < 4.78 is 5.61. The first-order valence-corrected chi connectivity index (χ1v) is 12.2. The van der Waals surface area contributed by atoms with E-state index in [4.69, 9.17) is 4.74 Å². The van der Waals surface area contributed by atoms with Gasteiger partial charge < -0.3 is 4.74 Å². The van der Waals surface area contributed by atoms with Crippen LogP contribution in [-0.2, 0) is 16.3 Å². The predicted octanol–water partition coefficient (Wildman–Crippen LogP) is 4.21. The van der Waals surface area contributed by atoms with Gasteiger partial charge in [-0.05, 0) is 6.42 Å². The molecule has 0 aromatic heterocycles. The van der Waals surface area contributed by atoms with E-state index >= 15 is 0 Å². The molecule has 0 bridgehead atoms. The van der Waals surface area contributed by atoms with Crippen LogP contribution in [0.4, 0.5) is 0 Å². The summed E-state index contributed by atoms with van der Waals surface area (Å²) in [5.74, 6) is 0.971. The second kappa shape index (κ2) is 10.6. The van der Waals surface area contributed by atoms with Crippen molar-refractivity contribution in [2.45, 2.75) is 33.1 Å². The fourth-order valence-electron chi connectivity index (χ4n) is 1.18. The topological polar surface area (TPSA) is 9.23 Å². The minimum atomic E-state index is 0.826. The van der Waals surface area contributed by atoms with E-state index in [9.17, 15) is 0 Å². The summed E-state index contributed by atoms with van der Waals surface area (Å²) in [6.07, 6.45) is 3.63. The van der Waals surface area contributed by atoms with Crippen LogP contribution >= 0.6 is 13.6 Å². The molecular weight excluding hydrogens is 305 g/mol. The zero-order chi connectivity index (χ0) is 11.5. The van der Waals surface area contributed by atoms with Gasteiger partial charge in [-0.25, -0.2) is 0 Å². The molecule has 1 nitrogen and oxygen atoms in total. The summed E-state index contributed by atoms with van der Waals surface area (Å²) in [7, 11) is 0. The quantitative estimate of drug-likeness (QED) is 0.448. The molecule has 15 heavy (non-hydrogen) atoms. The molecule has 0 aliphatic heterocycles. The second-order valence-electron chi connectivity index (χ2n) is 3.25. The fourth-order valence-corrected chi connectivity index (χ4v) is 1.18. The average molecular weight is 323 g/mol. The van der Waals surface area contributed by atoms with Crippen LogP contribution in [0.15, 0.2) is 18.2 Å². The number of hydrogen-bond acceptors (Lipinski definition) is 1. The minimum absolute atomic E-state index is 0.826. The normalized spacial score (nSPS) is 9.13. The molecule has 0 saturated carbocycles. The molecule has 0 saturated heterocycles. The van der Waals surface area contributed by atoms with Crippen molar-refractivity contribution < 1.29 is 21.1 Å². The maximum absolute atomic E-state index is 5.61. The van der Waals surface area contributed by atoms with Gasteiger partial charge in [-0.3, -0.25) is 0 Å². The van der Waals surface area contributed by atoms with Crippen molar-refractivity contribution in [1.82, 2.24) is 0 Å². The maximum atomic E-state index is 5.61. The van der Waals surface area contributed by atoms with Gasteiger partial charge in [0, 0.05) is 5.75 Å². The molecule has 0 amide bonds.